The van der Waals surface area contributed by atoms with Crippen LogP contribution in [0.15, 0.2) is 78.0 Å². The van der Waals surface area contributed by atoms with Crippen LogP contribution in [-0.2, 0) is 10.0 Å². The number of sulfonamides is 1. The van der Waals surface area contributed by atoms with E-state index in [1.807, 2.05) is 12.1 Å². The van der Waals surface area contributed by atoms with E-state index in [-0.39, 0.29) is 10.6 Å². The molecule has 0 unspecified atom stereocenters. The lowest BCUT2D eigenvalue weighted by Crippen LogP contribution is -2.26. The molecule has 0 saturated heterocycles. The van der Waals surface area contributed by atoms with Crippen molar-refractivity contribution in [2.45, 2.75) is 4.90 Å². The van der Waals surface area contributed by atoms with Gasteiger partial charge in [0.1, 0.15) is 5.75 Å². The fraction of sp³-hybridized carbons (Fsp3) is 0.0556. The Balaban J connectivity index is 1.91. The Labute approximate surface area is 140 Å². The summed E-state index contributed by atoms with van der Waals surface area (Å²) in [6.07, 6.45) is 3.39. The number of nitrogens with zero attached hydrogens (tertiary/aromatic N) is 2. The number of anilines is 1. The Morgan fingerprint density at radius 2 is 1.38 bits per heavy atom. The van der Waals surface area contributed by atoms with E-state index in [0.717, 1.165) is 11.1 Å². The van der Waals surface area contributed by atoms with Gasteiger partial charge in [0.05, 0.1) is 10.6 Å². The van der Waals surface area contributed by atoms with Crippen molar-refractivity contribution in [3.05, 3.63) is 73.1 Å². The standard InChI is InChI=1S/C18H16N2O3S/c1-20(16-4-6-17(21)7-5-16)24(22,23)18-8-2-14(3-9-18)15-10-12-19-13-11-15/h2-13,21H,1H3. The van der Waals surface area contributed by atoms with E-state index in [0.29, 0.717) is 5.69 Å². The summed E-state index contributed by atoms with van der Waals surface area (Å²) in [4.78, 5) is 4.17. The van der Waals surface area contributed by atoms with Gasteiger partial charge < -0.3 is 5.11 Å². The molecule has 0 fully saturated rings. The molecule has 0 saturated carbocycles. The number of pyridine rings is 1. The van der Waals surface area contributed by atoms with Crippen molar-refractivity contribution in [2.75, 3.05) is 11.4 Å². The summed E-state index contributed by atoms with van der Waals surface area (Å²) in [5.41, 5.74) is 2.37. The Kier molecular flexibility index (Phi) is 4.22. The molecule has 0 bridgehead atoms. The molecule has 0 amide bonds. The van der Waals surface area contributed by atoms with Crippen molar-refractivity contribution >= 4 is 15.7 Å². The number of phenols is 1. The normalized spacial score (nSPS) is 11.2. The van der Waals surface area contributed by atoms with Crippen molar-refractivity contribution in [1.82, 2.24) is 4.98 Å². The first-order chi connectivity index (χ1) is 11.5. The Hall–Kier alpha value is -2.86. The van der Waals surface area contributed by atoms with Gasteiger partial charge in [-0.05, 0) is 59.7 Å². The predicted molar refractivity (Wildman–Crippen MR) is 93.4 cm³/mol. The summed E-state index contributed by atoms with van der Waals surface area (Å²) in [5, 5.41) is 9.32. The second kappa shape index (κ2) is 6.33. The minimum atomic E-state index is -3.66. The molecular weight excluding hydrogens is 324 g/mol. The molecular formula is C18H16N2O3S. The lowest BCUT2D eigenvalue weighted by molar-refractivity contribution is 0.475. The van der Waals surface area contributed by atoms with Crippen LogP contribution < -0.4 is 4.31 Å². The maximum Gasteiger partial charge on any atom is 0.264 e. The van der Waals surface area contributed by atoms with Crippen molar-refractivity contribution < 1.29 is 13.5 Å². The van der Waals surface area contributed by atoms with Gasteiger partial charge in [-0.2, -0.15) is 0 Å². The maximum absolute atomic E-state index is 12.7. The minimum Gasteiger partial charge on any atom is -0.508 e. The third kappa shape index (κ3) is 3.09. The zero-order valence-corrected chi connectivity index (χ0v) is 13.8. The molecule has 0 radical (unpaired) electrons. The van der Waals surface area contributed by atoms with E-state index in [9.17, 15) is 13.5 Å². The van der Waals surface area contributed by atoms with Gasteiger partial charge in [-0.3, -0.25) is 9.29 Å². The van der Waals surface area contributed by atoms with Crippen molar-refractivity contribution in [2.24, 2.45) is 0 Å². The van der Waals surface area contributed by atoms with E-state index in [2.05, 4.69) is 4.98 Å². The molecule has 0 aliphatic rings. The van der Waals surface area contributed by atoms with E-state index >= 15 is 0 Å². The molecule has 0 aliphatic carbocycles. The van der Waals surface area contributed by atoms with Gasteiger partial charge in [-0.25, -0.2) is 8.42 Å². The van der Waals surface area contributed by atoms with Crippen LogP contribution in [0.4, 0.5) is 5.69 Å². The van der Waals surface area contributed by atoms with Crippen LogP contribution in [0.2, 0.25) is 0 Å². The smallest absolute Gasteiger partial charge is 0.264 e. The van der Waals surface area contributed by atoms with Gasteiger partial charge in [-0.15, -0.1) is 0 Å². The highest BCUT2D eigenvalue weighted by atomic mass is 32.2. The van der Waals surface area contributed by atoms with Gasteiger partial charge in [0.15, 0.2) is 0 Å². The molecule has 1 heterocycles. The summed E-state index contributed by atoms with van der Waals surface area (Å²) in [6.45, 7) is 0. The maximum atomic E-state index is 12.7. The van der Waals surface area contributed by atoms with Crippen LogP contribution >= 0.6 is 0 Å². The third-order valence-electron chi connectivity index (χ3n) is 3.74. The number of aromatic nitrogens is 1. The Morgan fingerprint density at radius 3 is 1.96 bits per heavy atom. The van der Waals surface area contributed by atoms with Gasteiger partial charge >= 0.3 is 0 Å². The molecule has 0 aliphatic heterocycles. The second-order valence-corrected chi connectivity index (χ2v) is 7.22. The lowest BCUT2D eigenvalue weighted by Gasteiger charge is -2.19. The minimum absolute atomic E-state index is 0.0891. The second-order valence-electron chi connectivity index (χ2n) is 5.25. The molecule has 1 aromatic heterocycles. The Morgan fingerprint density at radius 1 is 0.833 bits per heavy atom. The van der Waals surface area contributed by atoms with E-state index in [1.54, 1.807) is 48.8 Å². The number of hydrogen-bond donors (Lipinski definition) is 1. The molecule has 1 N–H and O–H groups in total. The van der Waals surface area contributed by atoms with E-state index in [1.165, 1.54) is 23.5 Å². The van der Waals surface area contributed by atoms with Crippen LogP contribution in [0.25, 0.3) is 11.1 Å². The average Bonchev–Trinajstić information content (AvgIpc) is 2.62. The molecule has 0 atom stereocenters. The van der Waals surface area contributed by atoms with Gasteiger partial charge in [-0.1, -0.05) is 12.1 Å². The summed E-state index contributed by atoms with van der Waals surface area (Å²) >= 11 is 0. The van der Waals surface area contributed by atoms with Crippen LogP contribution in [0.1, 0.15) is 0 Å². The molecule has 6 heteroatoms. The van der Waals surface area contributed by atoms with E-state index in [4.69, 9.17) is 0 Å². The molecule has 5 nitrogen and oxygen atoms in total. The number of aromatic hydroxyl groups is 1. The first-order valence-corrected chi connectivity index (χ1v) is 8.71. The number of benzene rings is 2. The summed E-state index contributed by atoms with van der Waals surface area (Å²) in [7, 11) is -2.18. The van der Waals surface area contributed by atoms with Gasteiger partial charge in [0.25, 0.3) is 10.0 Å². The fourth-order valence-corrected chi connectivity index (χ4v) is 3.52. The molecule has 0 spiro atoms. The fourth-order valence-electron chi connectivity index (χ4n) is 2.32. The molecule has 3 aromatic rings. The van der Waals surface area contributed by atoms with Crippen molar-refractivity contribution in [3.8, 4) is 16.9 Å². The van der Waals surface area contributed by atoms with Crippen LogP contribution in [0.5, 0.6) is 5.75 Å². The topological polar surface area (TPSA) is 70.5 Å². The zero-order chi connectivity index (χ0) is 17.2. The molecule has 24 heavy (non-hydrogen) atoms. The summed E-state index contributed by atoms with van der Waals surface area (Å²) in [6, 6.07) is 16.5. The van der Waals surface area contributed by atoms with Crippen molar-refractivity contribution in [1.29, 1.82) is 0 Å². The number of rotatable bonds is 4. The zero-order valence-electron chi connectivity index (χ0n) is 13.0. The number of phenolic OH excluding ortho intramolecular Hbond substituents is 1. The summed E-state index contributed by atoms with van der Waals surface area (Å²) in [5.74, 6) is 0.0891. The monoisotopic (exact) mass is 340 g/mol. The van der Waals surface area contributed by atoms with Crippen LogP contribution in [0.3, 0.4) is 0 Å². The number of hydrogen-bond acceptors (Lipinski definition) is 4. The predicted octanol–water partition coefficient (Wildman–Crippen LogP) is 3.28. The first-order valence-electron chi connectivity index (χ1n) is 7.27. The highest BCUT2D eigenvalue weighted by Gasteiger charge is 2.21. The summed E-state index contributed by atoms with van der Waals surface area (Å²) < 4.78 is 26.6. The molecule has 2 aromatic carbocycles. The lowest BCUT2D eigenvalue weighted by atomic mass is 10.1. The quantitative estimate of drug-likeness (QED) is 0.791. The van der Waals surface area contributed by atoms with Crippen LogP contribution in [0, 0.1) is 0 Å². The Bertz CT molecular complexity index is 922. The third-order valence-corrected chi connectivity index (χ3v) is 5.54. The van der Waals surface area contributed by atoms with Gasteiger partial charge in [0.2, 0.25) is 0 Å². The highest BCUT2D eigenvalue weighted by Crippen LogP contribution is 2.26. The average molecular weight is 340 g/mol. The van der Waals surface area contributed by atoms with E-state index < -0.39 is 10.0 Å². The van der Waals surface area contributed by atoms with Crippen molar-refractivity contribution in [3.63, 3.8) is 0 Å². The van der Waals surface area contributed by atoms with Crippen LogP contribution in [-0.4, -0.2) is 25.6 Å². The largest absolute Gasteiger partial charge is 0.508 e. The first kappa shape index (κ1) is 16.0. The highest BCUT2D eigenvalue weighted by molar-refractivity contribution is 7.92. The molecule has 3 rings (SSSR count). The molecule has 122 valence electrons. The van der Waals surface area contributed by atoms with Gasteiger partial charge in [0, 0.05) is 19.4 Å². The SMILES string of the molecule is CN(c1ccc(O)cc1)S(=O)(=O)c1ccc(-c2ccncc2)cc1.